The molecule has 1 N–H and O–H groups in total. The van der Waals surface area contributed by atoms with Crippen molar-refractivity contribution < 1.29 is 9.53 Å². The Labute approximate surface area is 109 Å². The van der Waals surface area contributed by atoms with Gasteiger partial charge in [0, 0.05) is 12.3 Å². The number of carbonyl (C=O) groups excluding carboxylic acids is 1. The summed E-state index contributed by atoms with van der Waals surface area (Å²) >= 11 is 15.7. The molecule has 0 aliphatic heterocycles. The number of hydrogen-bond acceptors (Lipinski definition) is 3. The SMILES string of the molecule is O=C(COc1c(Cl)cccc1Cl)NCCS. The van der Waals surface area contributed by atoms with Gasteiger partial charge in [-0.3, -0.25) is 4.79 Å². The standard InChI is InChI=1S/C10H11Cl2NO2S/c11-7-2-1-3-8(12)10(7)15-6-9(14)13-4-5-16/h1-3,16H,4-6H2,(H,13,14). The lowest BCUT2D eigenvalue weighted by molar-refractivity contribution is -0.122. The number of nitrogens with one attached hydrogen (secondary N) is 1. The van der Waals surface area contributed by atoms with Crippen molar-refractivity contribution >= 4 is 41.7 Å². The van der Waals surface area contributed by atoms with E-state index in [0.717, 1.165) is 0 Å². The van der Waals surface area contributed by atoms with Crippen molar-refractivity contribution in [1.29, 1.82) is 0 Å². The molecule has 0 bridgehead atoms. The van der Waals surface area contributed by atoms with E-state index >= 15 is 0 Å². The molecule has 0 saturated heterocycles. The van der Waals surface area contributed by atoms with Gasteiger partial charge in [-0.15, -0.1) is 0 Å². The minimum Gasteiger partial charge on any atom is -0.481 e. The highest BCUT2D eigenvalue weighted by Gasteiger charge is 2.08. The molecule has 1 rings (SSSR count). The Morgan fingerprint density at radius 1 is 1.38 bits per heavy atom. The molecule has 0 spiro atoms. The fraction of sp³-hybridized carbons (Fsp3) is 0.300. The van der Waals surface area contributed by atoms with E-state index in [-0.39, 0.29) is 12.5 Å². The summed E-state index contributed by atoms with van der Waals surface area (Å²) in [5.41, 5.74) is 0. The molecule has 0 aliphatic rings. The second-order valence-electron chi connectivity index (χ2n) is 2.91. The number of rotatable bonds is 5. The van der Waals surface area contributed by atoms with Gasteiger partial charge in [-0.1, -0.05) is 29.3 Å². The zero-order chi connectivity index (χ0) is 12.0. The average Bonchev–Trinajstić information content (AvgIpc) is 2.25. The van der Waals surface area contributed by atoms with Gasteiger partial charge in [-0.2, -0.15) is 12.6 Å². The summed E-state index contributed by atoms with van der Waals surface area (Å²) < 4.78 is 5.23. The van der Waals surface area contributed by atoms with E-state index in [0.29, 0.717) is 28.1 Å². The van der Waals surface area contributed by atoms with E-state index in [4.69, 9.17) is 27.9 Å². The van der Waals surface area contributed by atoms with Crippen LogP contribution in [0.2, 0.25) is 10.0 Å². The van der Waals surface area contributed by atoms with E-state index in [1.165, 1.54) is 0 Å². The number of carbonyl (C=O) groups is 1. The fourth-order valence-corrected chi connectivity index (χ4v) is 1.62. The molecule has 0 fully saturated rings. The maximum absolute atomic E-state index is 11.2. The highest BCUT2D eigenvalue weighted by Crippen LogP contribution is 2.32. The first-order valence-corrected chi connectivity index (χ1v) is 5.98. The molecule has 0 saturated carbocycles. The summed E-state index contributed by atoms with van der Waals surface area (Å²) in [5, 5.41) is 3.38. The molecule has 0 unspecified atom stereocenters. The highest BCUT2D eigenvalue weighted by molar-refractivity contribution is 7.80. The van der Waals surface area contributed by atoms with Crippen LogP contribution in [0, 0.1) is 0 Å². The van der Waals surface area contributed by atoms with Crippen LogP contribution in [0.15, 0.2) is 18.2 Å². The first-order chi connectivity index (χ1) is 7.65. The number of benzene rings is 1. The van der Waals surface area contributed by atoms with E-state index in [9.17, 15) is 4.79 Å². The summed E-state index contributed by atoms with van der Waals surface area (Å²) in [5.74, 6) is 0.676. The van der Waals surface area contributed by atoms with Crippen molar-refractivity contribution in [1.82, 2.24) is 5.32 Å². The predicted molar refractivity (Wildman–Crippen MR) is 68.8 cm³/mol. The van der Waals surface area contributed by atoms with Gasteiger partial charge in [-0.05, 0) is 12.1 Å². The van der Waals surface area contributed by atoms with Gasteiger partial charge in [-0.25, -0.2) is 0 Å². The Hall–Kier alpha value is -0.580. The maximum atomic E-state index is 11.2. The fourth-order valence-electron chi connectivity index (χ4n) is 1.00. The van der Waals surface area contributed by atoms with Crippen molar-refractivity contribution in [3.05, 3.63) is 28.2 Å². The molecular formula is C10H11Cl2NO2S. The third-order valence-corrected chi connectivity index (χ3v) is 2.52. The van der Waals surface area contributed by atoms with E-state index in [2.05, 4.69) is 17.9 Å². The second-order valence-corrected chi connectivity index (χ2v) is 4.17. The van der Waals surface area contributed by atoms with Crippen molar-refractivity contribution in [3.8, 4) is 5.75 Å². The number of halogens is 2. The second kappa shape index (κ2) is 6.89. The molecule has 0 aliphatic carbocycles. The Balaban J connectivity index is 2.51. The first kappa shape index (κ1) is 13.5. The van der Waals surface area contributed by atoms with Crippen molar-refractivity contribution in [2.45, 2.75) is 0 Å². The summed E-state index contributed by atoms with van der Waals surface area (Å²) in [6, 6.07) is 5.00. The Bertz CT molecular complexity index is 354. The molecule has 6 heteroatoms. The topological polar surface area (TPSA) is 38.3 Å². The summed E-state index contributed by atoms with van der Waals surface area (Å²) in [7, 11) is 0. The van der Waals surface area contributed by atoms with Gasteiger partial charge in [0.05, 0.1) is 10.0 Å². The molecule has 16 heavy (non-hydrogen) atoms. The van der Waals surface area contributed by atoms with Crippen LogP contribution >= 0.6 is 35.8 Å². The lowest BCUT2D eigenvalue weighted by Gasteiger charge is -2.09. The van der Waals surface area contributed by atoms with Crippen LogP contribution in [0.3, 0.4) is 0 Å². The first-order valence-electron chi connectivity index (χ1n) is 4.59. The zero-order valence-corrected chi connectivity index (χ0v) is 10.8. The summed E-state index contributed by atoms with van der Waals surface area (Å²) in [6.45, 7) is 0.388. The monoisotopic (exact) mass is 279 g/mol. The van der Waals surface area contributed by atoms with Crippen LogP contribution in [-0.4, -0.2) is 24.8 Å². The van der Waals surface area contributed by atoms with Crippen molar-refractivity contribution in [2.24, 2.45) is 0 Å². The van der Waals surface area contributed by atoms with Gasteiger partial charge in [0.1, 0.15) is 0 Å². The molecule has 88 valence electrons. The normalized spacial score (nSPS) is 9.94. The molecule has 0 atom stereocenters. The van der Waals surface area contributed by atoms with Crippen LogP contribution in [0.4, 0.5) is 0 Å². The van der Waals surface area contributed by atoms with Gasteiger partial charge in [0.2, 0.25) is 0 Å². The van der Waals surface area contributed by atoms with E-state index < -0.39 is 0 Å². The smallest absolute Gasteiger partial charge is 0.257 e. The lowest BCUT2D eigenvalue weighted by atomic mass is 10.3. The molecule has 0 radical (unpaired) electrons. The van der Waals surface area contributed by atoms with E-state index in [1.807, 2.05) is 0 Å². The number of ether oxygens (including phenoxy) is 1. The number of amides is 1. The lowest BCUT2D eigenvalue weighted by Crippen LogP contribution is -2.30. The minimum absolute atomic E-state index is 0.114. The minimum atomic E-state index is -0.231. The van der Waals surface area contributed by atoms with Crippen LogP contribution in [0.1, 0.15) is 0 Å². The van der Waals surface area contributed by atoms with Gasteiger partial charge < -0.3 is 10.1 Å². The molecular weight excluding hydrogens is 269 g/mol. The highest BCUT2D eigenvalue weighted by atomic mass is 35.5. The zero-order valence-electron chi connectivity index (χ0n) is 8.37. The van der Waals surface area contributed by atoms with Crippen LogP contribution < -0.4 is 10.1 Å². The Morgan fingerprint density at radius 2 is 2.00 bits per heavy atom. The summed E-state index contributed by atoms with van der Waals surface area (Å²) in [4.78, 5) is 11.2. The van der Waals surface area contributed by atoms with Crippen LogP contribution in [0.5, 0.6) is 5.75 Å². The molecule has 1 amide bonds. The van der Waals surface area contributed by atoms with Crippen LogP contribution in [-0.2, 0) is 4.79 Å². The average molecular weight is 280 g/mol. The predicted octanol–water partition coefficient (Wildman–Crippen LogP) is 2.42. The number of thiol groups is 1. The van der Waals surface area contributed by atoms with Gasteiger partial charge >= 0.3 is 0 Å². The quantitative estimate of drug-likeness (QED) is 0.813. The molecule has 1 aromatic rings. The third-order valence-electron chi connectivity index (χ3n) is 1.70. The summed E-state index contributed by atoms with van der Waals surface area (Å²) in [6.07, 6.45) is 0. The Morgan fingerprint density at radius 3 is 2.56 bits per heavy atom. The molecule has 1 aromatic carbocycles. The molecule has 0 aromatic heterocycles. The van der Waals surface area contributed by atoms with Crippen LogP contribution in [0.25, 0.3) is 0 Å². The number of hydrogen-bond donors (Lipinski definition) is 2. The maximum Gasteiger partial charge on any atom is 0.257 e. The van der Waals surface area contributed by atoms with Gasteiger partial charge in [0.25, 0.3) is 5.91 Å². The molecule has 3 nitrogen and oxygen atoms in total. The van der Waals surface area contributed by atoms with Gasteiger partial charge in [0.15, 0.2) is 12.4 Å². The number of para-hydroxylation sites is 1. The molecule has 0 heterocycles. The van der Waals surface area contributed by atoms with E-state index in [1.54, 1.807) is 18.2 Å². The van der Waals surface area contributed by atoms with Crippen molar-refractivity contribution in [3.63, 3.8) is 0 Å². The van der Waals surface area contributed by atoms with Crippen molar-refractivity contribution in [2.75, 3.05) is 18.9 Å². The Kier molecular flexibility index (Phi) is 5.80. The third kappa shape index (κ3) is 4.12. The largest absolute Gasteiger partial charge is 0.481 e.